The van der Waals surface area contributed by atoms with E-state index in [0.29, 0.717) is 0 Å². The van der Waals surface area contributed by atoms with Crippen LogP contribution in [-0.4, -0.2) is 144 Å². The Kier molecular flexibility index (Phi) is 12.9. The molecule has 14 nitrogen and oxygen atoms in total. The third-order valence-electron chi connectivity index (χ3n) is 7.49. The highest BCUT2D eigenvalue weighted by Gasteiger charge is 2.55. The number of methoxy groups -OCH3 is 1. The zero-order valence-corrected chi connectivity index (χ0v) is 27.2. The van der Waals surface area contributed by atoms with Gasteiger partial charge in [0.1, 0.15) is 48.8 Å². The average Bonchev–Trinajstić information content (AvgIpc) is 2.91. The summed E-state index contributed by atoms with van der Waals surface area (Å²) in [5.41, 5.74) is -3.24. The first-order valence-corrected chi connectivity index (χ1v) is 14.6. The first-order chi connectivity index (χ1) is 19.7. The van der Waals surface area contributed by atoms with Crippen LogP contribution in [0.15, 0.2) is 0 Å². The van der Waals surface area contributed by atoms with Gasteiger partial charge >= 0.3 is 5.97 Å². The number of esters is 1. The highest BCUT2D eigenvalue weighted by Crippen LogP contribution is 2.35. The Morgan fingerprint density at radius 3 is 1.93 bits per heavy atom. The van der Waals surface area contributed by atoms with Crippen molar-refractivity contribution in [1.82, 2.24) is 5.32 Å². The number of amides is 1. The fourth-order valence-corrected chi connectivity index (χ4v) is 5.14. The molecule has 11 atom stereocenters. The van der Waals surface area contributed by atoms with Crippen LogP contribution < -0.4 is 5.32 Å². The van der Waals surface area contributed by atoms with E-state index in [4.69, 9.17) is 33.2 Å². The number of nitrogens with one attached hydrogen (secondary N) is 1. The van der Waals surface area contributed by atoms with Crippen LogP contribution in [0.3, 0.4) is 0 Å². The molecule has 0 spiro atoms. The lowest BCUT2D eigenvalue weighted by molar-refractivity contribution is -0.295. The molecular formula is C29H53NO13. The maximum absolute atomic E-state index is 12.8. The Bertz CT molecular complexity index is 923. The fraction of sp³-hybridized carbons (Fsp3) is 0.931. The van der Waals surface area contributed by atoms with Crippen LogP contribution in [0, 0.1) is 0 Å². The van der Waals surface area contributed by atoms with E-state index < -0.39 is 95.8 Å². The molecule has 252 valence electrons. The Hall–Kier alpha value is -1.46. The summed E-state index contributed by atoms with van der Waals surface area (Å²) in [5, 5.41) is 46.4. The minimum Gasteiger partial charge on any atom is -0.464 e. The number of carbonyl (C=O) groups is 2. The Morgan fingerprint density at radius 2 is 1.42 bits per heavy atom. The van der Waals surface area contributed by atoms with Crippen LogP contribution in [0.5, 0.6) is 0 Å². The predicted molar refractivity (Wildman–Crippen MR) is 152 cm³/mol. The van der Waals surface area contributed by atoms with Crippen LogP contribution in [0.4, 0.5) is 0 Å². The van der Waals surface area contributed by atoms with Crippen molar-refractivity contribution in [1.29, 1.82) is 0 Å². The van der Waals surface area contributed by atoms with E-state index in [1.54, 1.807) is 62.3 Å². The maximum Gasteiger partial charge on any atom is 0.338 e. The van der Waals surface area contributed by atoms with Crippen molar-refractivity contribution < 1.29 is 63.2 Å². The number of ether oxygens (including phenoxy) is 7. The summed E-state index contributed by atoms with van der Waals surface area (Å²) in [6, 6.07) is 0. The van der Waals surface area contributed by atoms with Crippen molar-refractivity contribution in [3.63, 3.8) is 0 Å². The number of aliphatic hydroxyl groups is 4. The summed E-state index contributed by atoms with van der Waals surface area (Å²) in [7, 11) is 2.84. The quantitative estimate of drug-likeness (QED) is 0.174. The number of rotatable bonds is 12. The highest BCUT2D eigenvalue weighted by atomic mass is 16.6. The van der Waals surface area contributed by atoms with Crippen molar-refractivity contribution in [2.45, 2.75) is 146 Å². The van der Waals surface area contributed by atoms with Gasteiger partial charge in [-0.1, -0.05) is 0 Å². The maximum atomic E-state index is 12.8. The molecule has 2 fully saturated rings. The molecule has 5 N–H and O–H groups in total. The van der Waals surface area contributed by atoms with Gasteiger partial charge in [0.05, 0.1) is 36.1 Å². The van der Waals surface area contributed by atoms with Crippen molar-refractivity contribution in [2.75, 3.05) is 27.4 Å². The lowest BCUT2D eigenvalue weighted by atomic mass is 9.86. The lowest BCUT2D eigenvalue weighted by Crippen LogP contribution is -2.67. The first kappa shape index (κ1) is 37.7. The molecule has 1 amide bonds. The van der Waals surface area contributed by atoms with Crippen molar-refractivity contribution >= 4 is 11.9 Å². The molecule has 0 radical (unpaired) electrons. The van der Waals surface area contributed by atoms with Crippen LogP contribution in [0.2, 0.25) is 0 Å². The molecule has 0 saturated carbocycles. The summed E-state index contributed by atoms with van der Waals surface area (Å²) >= 11 is 0. The minimum atomic E-state index is -1.54. The number of hydrogen-bond donors (Lipinski definition) is 5. The third-order valence-corrected chi connectivity index (χ3v) is 7.49. The Labute approximate surface area is 254 Å². The molecule has 0 aromatic carbocycles. The minimum absolute atomic E-state index is 0.0590. The normalized spacial score (nSPS) is 34.9. The summed E-state index contributed by atoms with van der Waals surface area (Å²) in [6.07, 6.45) is -13.9. The molecule has 0 aromatic rings. The van der Waals surface area contributed by atoms with Gasteiger partial charge in [0.25, 0.3) is 5.91 Å². The molecule has 2 rings (SSSR count). The van der Waals surface area contributed by atoms with E-state index >= 15 is 0 Å². The zero-order chi connectivity index (χ0) is 33.1. The molecule has 43 heavy (non-hydrogen) atoms. The standard InChI is InChI=1S/C29H53NO13/c1-12-38-26(36)23-21(16(32)15(31)19(40-23)14(2)37-11)43-28(6,7)13-39-29(8,9)24-18(34)17(33)20(42-27(3,4)5)22(41-24)25(35)30-10/h14-24,31-34H,12-13H2,1-11H3,(H,30,35)/t14-,15?,16?,17?,18?,19?,20-,21-,22?,23?,24?/m0/s1. The highest BCUT2D eigenvalue weighted by molar-refractivity contribution is 5.81. The van der Waals surface area contributed by atoms with Gasteiger partial charge in [0, 0.05) is 14.2 Å². The van der Waals surface area contributed by atoms with Gasteiger partial charge in [0.2, 0.25) is 0 Å². The monoisotopic (exact) mass is 623 g/mol. The van der Waals surface area contributed by atoms with Crippen molar-refractivity contribution in [2.24, 2.45) is 0 Å². The molecule has 2 aliphatic rings. The second-order valence-corrected chi connectivity index (χ2v) is 13.2. The van der Waals surface area contributed by atoms with Gasteiger partial charge in [0.15, 0.2) is 12.2 Å². The third kappa shape index (κ3) is 9.28. The van der Waals surface area contributed by atoms with E-state index in [-0.39, 0.29) is 13.2 Å². The van der Waals surface area contributed by atoms with Crippen molar-refractivity contribution in [3.8, 4) is 0 Å². The number of hydrogen-bond acceptors (Lipinski definition) is 13. The molecule has 2 saturated heterocycles. The smallest absolute Gasteiger partial charge is 0.338 e. The predicted octanol–water partition coefficient (Wildman–Crippen LogP) is -0.548. The van der Waals surface area contributed by atoms with Gasteiger partial charge in [-0.25, -0.2) is 4.79 Å². The second kappa shape index (κ2) is 14.8. The SMILES string of the molecule is CCOC(=O)C1OC([C@H](C)OC)C(O)C(O)[C@@H]1OC(C)(C)COC(C)(C)C1OC(C(=O)NC)[C@@H](OC(C)(C)C)C(O)C1O. The lowest BCUT2D eigenvalue weighted by Gasteiger charge is -2.49. The van der Waals surface area contributed by atoms with E-state index in [1.807, 2.05) is 0 Å². The average molecular weight is 624 g/mol. The Morgan fingerprint density at radius 1 is 0.860 bits per heavy atom. The number of aliphatic hydroxyl groups excluding tert-OH is 4. The van der Waals surface area contributed by atoms with Crippen LogP contribution >= 0.6 is 0 Å². The number of carbonyl (C=O) groups excluding carboxylic acids is 2. The summed E-state index contributed by atoms with van der Waals surface area (Å²) in [4.78, 5) is 25.5. The molecule has 2 heterocycles. The summed E-state index contributed by atoms with van der Waals surface area (Å²) in [5.74, 6) is -1.32. The van der Waals surface area contributed by atoms with E-state index in [2.05, 4.69) is 5.32 Å². The molecule has 0 bridgehead atoms. The molecule has 2 aliphatic heterocycles. The zero-order valence-electron chi connectivity index (χ0n) is 27.2. The van der Waals surface area contributed by atoms with E-state index in [9.17, 15) is 30.0 Å². The largest absolute Gasteiger partial charge is 0.464 e. The fourth-order valence-electron chi connectivity index (χ4n) is 5.14. The van der Waals surface area contributed by atoms with Gasteiger partial charge in [-0.2, -0.15) is 0 Å². The molecule has 0 aliphatic carbocycles. The van der Waals surface area contributed by atoms with Gasteiger partial charge in [-0.05, 0) is 62.3 Å². The van der Waals surface area contributed by atoms with Crippen molar-refractivity contribution in [3.05, 3.63) is 0 Å². The van der Waals surface area contributed by atoms with Gasteiger partial charge < -0.3 is 58.9 Å². The summed E-state index contributed by atoms with van der Waals surface area (Å²) < 4.78 is 40.5. The van der Waals surface area contributed by atoms with Gasteiger partial charge in [-0.3, -0.25) is 4.79 Å². The van der Waals surface area contributed by atoms with Crippen LogP contribution in [0.25, 0.3) is 0 Å². The Balaban J connectivity index is 2.24. The van der Waals surface area contributed by atoms with E-state index in [1.165, 1.54) is 14.2 Å². The van der Waals surface area contributed by atoms with E-state index in [0.717, 1.165) is 0 Å². The molecule has 8 unspecified atom stereocenters. The summed E-state index contributed by atoms with van der Waals surface area (Å²) in [6.45, 7) is 14.9. The van der Waals surface area contributed by atoms with Crippen LogP contribution in [0.1, 0.15) is 62.3 Å². The topological polar surface area (TPSA) is 192 Å². The number of likely N-dealkylation sites (N-methyl/N-ethyl adjacent to an activating group) is 1. The molecule has 0 aromatic heterocycles. The second-order valence-electron chi connectivity index (χ2n) is 13.2. The van der Waals surface area contributed by atoms with Crippen LogP contribution in [-0.2, 0) is 42.7 Å². The first-order valence-electron chi connectivity index (χ1n) is 14.6. The molecule has 14 heteroatoms. The van der Waals surface area contributed by atoms with Gasteiger partial charge in [-0.15, -0.1) is 0 Å². The molecular weight excluding hydrogens is 570 g/mol.